The molecule has 1 aromatic carbocycles. The first-order valence-corrected chi connectivity index (χ1v) is 6.00. The quantitative estimate of drug-likeness (QED) is 0.591. The highest BCUT2D eigenvalue weighted by atomic mass is 35.6. The Morgan fingerprint density at radius 2 is 1.94 bits per heavy atom. The molecule has 1 heterocycles. The van der Waals surface area contributed by atoms with Crippen LogP contribution in [0.15, 0.2) is 24.3 Å². The average molecular weight is 310 g/mol. The third-order valence-electron chi connectivity index (χ3n) is 2.40. The number of hydrogen-bond donors (Lipinski definition) is 0. The fraction of sp³-hybridized carbons (Fsp3) is 0.273. The summed E-state index contributed by atoms with van der Waals surface area (Å²) < 4.78 is 7.86. The van der Waals surface area contributed by atoms with Crippen molar-refractivity contribution in [2.45, 2.75) is 16.5 Å². The van der Waals surface area contributed by atoms with Crippen LogP contribution in [0.1, 0.15) is 22.8 Å². The molecule has 0 fully saturated rings. The molecule has 1 aliphatic rings. The molecule has 18 heavy (non-hydrogen) atoms. The average Bonchev–Trinajstić information content (AvgIpc) is 2.53. The number of halogens is 3. The predicted molar refractivity (Wildman–Crippen MR) is 65.6 cm³/mol. The molecule has 0 amide bonds. The van der Waals surface area contributed by atoms with Crippen LogP contribution in [0.4, 0.5) is 0 Å². The maximum atomic E-state index is 11.7. The third kappa shape index (κ3) is 1.94. The van der Waals surface area contributed by atoms with Gasteiger partial charge in [-0.1, -0.05) is 53.0 Å². The van der Waals surface area contributed by atoms with Crippen molar-refractivity contribution in [3.63, 3.8) is 0 Å². The van der Waals surface area contributed by atoms with Crippen LogP contribution in [0.25, 0.3) is 0 Å². The van der Waals surface area contributed by atoms with Gasteiger partial charge in [0.25, 0.3) is 3.79 Å². The van der Waals surface area contributed by atoms with Gasteiger partial charge in [0.1, 0.15) is 0 Å². The summed E-state index contributed by atoms with van der Waals surface area (Å²) in [6, 6.07) is 6.25. The Kier molecular flexibility index (Phi) is 3.21. The van der Waals surface area contributed by atoms with E-state index in [9.17, 15) is 9.59 Å². The smallest absolute Gasteiger partial charge is 0.342 e. The van der Waals surface area contributed by atoms with Crippen LogP contribution in [0, 0.1) is 0 Å². The number of carbonyl (C=O) groups is 2. The summed E-state index contributed by atoms with van der Waals surface area (Å²) in [6.45, 7) is 1.13. The predicted octanol–water partition coefficient (Wildman–Crippen LogP) is 2.94. The van der Waals surface area contributed by atoms with E-state index < -0.39 is 21.5 Å². The molecule has 1 aromatic rings. The molecule has 96 valence electrons. The summed E-state index contributed by atoms with van der Waals surface area (Å²) in [7, 11) is 0. The van der Waals surface area contributed by atoms with Gasteiger partial charge in [-0.25, -0.2) is 4.79 Å². The molecule has 0 unspecified atom stereocenters. The van der Waals surface area contributed by atoms with Crippen molar-refractivity contribution in [3.05, 3.63) is 35.4 Å². The second-order valence-corrected chi connectivity index (χ2v) is 5.92. The van der Waals surface area contributed by atoms with Crippen molar-refractivity contribution in [2.24, 2.45) is 0 Å². The van der Waals surface area contributed by atoms with E-state index >= 15 is 0 Å². The number of fused-ring (bicyclic) bond motifs is 1. The molecule has 4 nitrogen and oxygen atoms in total. The van der Waals surface area contributed by atoms with E-state index in [0.29, 0.717) is 0 Å². The van der Waals surface area contributed by atoms with Gasteiger partial charge in [-0.05, 0) is 6.07 Å². The van der Waals surface area contributed by atoms with Gasteiger partial charge in [0, 0.05) is 6.92 Å². The molecular formula is C11H7Cl3O4. The van der Waals surface area contributed by atoms with Crippen molar-refractivity contribution in [2.75, 3.05) is 0 Å². The number of hydrogen-bond acceptors (Lipinski definition) is 4. The van der Waals surface area contributed by atoms with Crippen LogP contribution in [0.5, 0.6) is 0 Å². The lowest BCUT2D eigenvalue weighted by Gasteiger charge is -2.33. The maximum absolute atomic E-state index is 11.7. The first kappa shape index (κ1) is 13.5. The van der Waals surface area contributed by atoms with E-state index in [1.54, 1.807) is 12.1 Å². The molecule has 0 saturated heterocycles. The SMILES string of the molecule is CC(=O)O[C@]1(C(Cl)(Cl)Cl)OC(=O)c2ccccc21. The summed E-state index contributed by atoms with van der Waals surface area (Å²) in [4.78, 5) is 22.9. The number of alkyl halides is 3. The second-order valence-electron chi connectivity index (χ2n) is 3.64. The Morgan fingerprint density at radius 1 is 1.33 bits per heavy atom. The Balaban J connectivity index is 2.64. The van der Waals surface area contributed by atoms with Crippen molar-refractivity contribution >= 4 is 46.7 Å². The van der Waals surface area contributed by atoms with Gasteiger partial charge in [0.2, 0.25) is 0 Å². The zero-order valence-corrected chi connectivity index (χ0v) is 11.3. The van der Waals surface area contributed by atoms with E-state index in [-0.39, 0.29) is 11.1 Å². The molecule has 7 heteroatoms. The van der Waals surface area contributed by atoms with Crippen LogP contribution in [0.2, 0.25) is 0 Å². The minimum absolute atomic E-state index is 0.199. The monoisotopic (exact) mass is 308 g/mol. The van der Waals surface area contributed by atoms with Crippen molar-refractivity contribution in [1.82, 2.24) is 0 Å². The molecule has 0 aliphatic carbocycles. The number of carbonyl (C=O) groups excluding carboxylic acids is 2. The fourth-order valence-corrected chi connectivity index (χ4v) is 2.27. The number of rotatable bonds is 1. The zero-order chi connectivity index (χ0) is 13.6. The topological polar surface area (TPSA) is 52.6 Å². The summed E-state index contributed by atoms with van der Waals surface area (Å²) in [5.74, 6) is -3.49. The largest absolute Gasteiger partial charge is 0.414 e. The minimum atomic E-state index is -2.14. The number of esters is 2. The highest BCUT2D eigenvalue weighted by Gasteiger charge is 2.62. The normalized spacial score (nSPS) is 22.3. The standard InChI is InChI=1S/C11H7Cl3O4/c1-6(15)17-10(11(12,13)14)8-5-3-2-4-7(8)9(16)18-10/h2-5H,1H3/t10-/m0/s1. The fourth-order valence-electron chi connectivity index (χ4n) is 1.74. The summed E-state index contributed by atoms with van der Waals surface area (Å²) >= 11 is 17.4. The van der Waals surface area contributed by atoms with Crippen LogP contribution in [0.3, 0.4) is 0 Å². The lowest BCUT2D eigenvalue weighted by atomic mass is 10.0. The molecule has 1 aliphatic heterocycles. The minimum Gasteiger partial charge on any atom is -0.414 e. The molecule has 2 rings (SSSR count). The van der Waals surface area contributed by atoms with Crippen molar-refractivity contribution < 1.29 is 19.1 Å². The zero-order valence-electron chi connectivity index (χ0n) is 9.08. The van der Waals surface area contributed by atoms with Crippen LogP contribution in [-0.2, 0) is 20.1 Å². The van der Waals surface area contributed by atoms with Crippen molar-refractivity contribution in [1.29, 1.82) is 0 Å². The van der Waals surface area contributed by atoms with Gasteiger partial charge >= 0.3 is 17.7 Å². The van der Waals surface area contributed by atoms with E-state index in [0.717, 1.165) is 6.92 Å². The van der Waals surface area contributed by atoms with E-state index in [1.165, 1.54) is 12.1 Å². The number of cyclic esters (lactones) is 1. The molecule has 0 bridgehead atoms. The Morgan fingerprint density at radius 3 is 2.50 bits per heavy atom. The highest BCUT2D eigenvalue weighted by molar-refractivity contribution is 6.68. The van der Waals surface area contributed by atoms with E-state index in [1.807, 2.05) is 0 Å². The Bertz CT molecular complexity index is 519. The van der Waals surface area contributed by atoms with Gasteiger partial charge in [-0.3, -0.25) is 4.79 Å². The molecule has 0 saturated carbocycles. The van der Waals surface area contributed by atoms with E-state index in [4.69, 9.17) is 44.3 Å². The van der Waals surface area contributed by atoms with Crippen LogP contribution < -0.4 is 0 Å². The molecule has 1 atom stereocenters. The Labute approximate surface area is 118 Å². The lowest BCUT2D eigenvalue weighted by molar-refractivity contribution is -0.206. The van der Waals surface area contributed by atoms with Gasteiger partial charge in [0.05, 0.1) is 11.1 Å². The third-order valence-corrected chi connectivity index (χ3v) is 3.15. The number of ether oxygens (including phenoxy) is 2. The van der Waals surface area contributed by atoms with Gasteiger partial charge < -0.3 is 9.47 Å². The van der Waals surface area contributed by atoms with E-state index in [2.05, 4.69) is 0 Å². The summed E-state index contributed by atoms with van der Waals surface area (Å²) in [5, 5.41) is 0. The molecule has 0 radical (unpaired) electrons. The summed E-state index contributed by atoms with van der Waals surface area (Å²) in [6.07, 6.45) is 0. The maximum Gasteiger partial charge on any atom is 0.342 e. The lowest BCUT2D eigenvalue weighted by Crippen LogP contribution is -2.44. The highest BCUT2D eigenvalue weighted by Crippen LogP contribution is 2.52. The molecule has 0 spiro atoms. The van der Waals surface area contributed by atoms with Gasteiger partial charge in [-0.2, -0.15) is 0 Å². The van der Waals surface area contributed by atoms with Crippen molar-refractivity contribution in [3.8, 4) is 0 Å². The van der Waals surface area contributed by atoms with Gasteiger partial charge in [0.15, 0.2) is 0 Å². The Hall–Kier alpha value is -0.970. The summed E-state index contributed by atoms with van der Waals surface area (Å²) in [5.41, 5.74) is 0.412. The molecular weight excluding hydrogens is 302 g/mol. The van der Waals surface area contributed by atoms with Crippen LogP contribution >= 0.6 is 34.8 Å². The van der Waals surface area contributed by atoms with Crippen LogP contribution in [-0.4, -0.2) is 15.7 Å². The number of benzene rings is 1. The first-order chi connectivity index (χ1) is 8.28. The second kappa shape index (κ2) is 4.30. The molecule has 0 aromatic heterocycles. The van der Waals surface area contributed by atoms with Gasteiger partial charge in [-0.15, -0.1) is 0 Å². The first-order valence-electron chi connectivity index (χ1n) is 4.87. The molecule has 0 N–H and O–H groups in total.